The van der Waals surface area contributed by atoms with E-state index >= 15 is 0 Å². The van der Waals surface area contributed by atoms with Gasteiger partial charge in [0.2, 0.25) is 5.91 Å². The Balaban J connectivity index is 1.50. The van der Waals surface area contributed by atoms with Crippen molar-refractivity contribution < 1.29 is 9.59 Å². The molecule has 0 aromatic heterocycles. The Morgan fingerprint density at radius 3 is 2.43 bits per heavy atom. The summed E-state index contributed by atoms with van der Waals surface area (Å²) in [4.78, 5) is 26.8. The molecule has 0 aliphatic carbocycles. The number of halogens is 1. The van der Waals surface area contributed by atoms with E-state index in [1.165, 1.54) is 0 Å². The molecule has 2 aliphatic rings. The van der Waals surface area contributed by atoms with Gasteiger partial charge in [0.1, 0.15) is 0 Å². The lowest BCUT2D eigenvalue weighted by Gasteiger charge is -2.32. The average Bonchev–Trinajstić information content (AvgIpc) is 3.08. The van der Waals surface area contributed by atoms with Crippen molar-refractivity contribution in [1.82, 2.24) is 10.2 Å². The number of Topliss-reactive ketones (excluding diaryl/α,β-unsaturated/α-hetero) is 1. The van der Waals surface area contributed by atoms with Gasteiger partial charge in [0.15, 0.2) is 5.78 Å². The summed E-state index contributed by atoms with van der Waals surface area (Å²) in [6, 6.07) is 7.42. The zero-order valence-corrected chi connectivity index (χ0v) is 14.0. The minimum absolute atomic E-state index is 0.0184. The number of hydrogen-bond acceptors (Lipinski definition) is 3. The van der Waals surface area contributed by atoms with Gasteiger partial charge < -0.3 is 10.2 Å². The Bertz CT molecular complexity index is 559. The smallest absolute Gasteiger partial charge is 0.224 e. The normalized spacial score (nSPS) is 22.3. The Kier molecular flexibility index (Phi) is 5.34. The summed E-state index contributed by atoms with van der Waals surface area (Å²) in [5.41, 5.74) is 0.717. The number of amides is 1. The summed E-state index contributed by atoms with van der Waals surface area (Å²) >= 11 is 5.87. The molecular formula is C18H23ClN2O2. The summed E-state index contributed by atoms with van der Waals surface area (Å²) in [6.07, 6.45) is 4.36. The fourth-order valence-corrected chi connectivity index (χ4v) is 3.64. The van der Waals surface area contributed by atoms with E-state index in [2.05, 4.69) is 5.32 Å². The van der Waals surface area contributed by atoms with Gasteiger partial charge in [-0.15, -0.1) is 0 Å². The number of benzene rings is 1. The molecule has 2 saturated heterocycles. The molecule has 0 radical (unpaired) electrons. The lowest BCUT2D eigenvalue weighted by Crippen LogP contribution is -2.42. The molecule has 5 heteroatoms. The molecule has 0 spiro atoms. The van der Waals surface area contributed by atoms with Crippen LogP contribution in [0.15, 0.2) is 24.3 Å². The van der Waals surface area contributed by atoms with Gasteiger partial charge in [-0.2, -0.15) is 0 Å². The first kappa shape index (κ1) is 16.5. The van der Waals surface area contributed by atoms with Crippen LogP contribution in [0.2, 0.25) is 5.02 Å². The van der Waals surface area contributed by atoms with Crippen LogP contribution in [0.1, 0.15) is 42.5 Å². The summed E-state index contributed by atoms with van der Waals surface area (Å²) in [5, 5.41) is 4.01. The Morgan fingerprint density at radius 2 is 1.83 bits per heavy atom. The lowest BCUT2D eigenvalue weighted by atomic mass is 9.88. The third-order valence-electron chi connectivity index (χ3n) is 4.93. The predicted molar refractivity (Wildman–Crippen MR) is 90.7 cm³/mol. The second-order valence-electron chi connectivity index (χ2n) is 6.52. The Morgan fingerprint density at radius 1 is 1.13 bits per heavy atom. The first-order chi connectivity index (χ1) is 11.1. The number of rotatable bonds is 4. The van der Waals surface area contributed by atoms with Crippen LogP contribution in [0, 0.1) is 5.92 Å². The SMILES string of the molecule is O=C(c1ccc(Cl)cc1)C1CCN(C(=O)CC2CCCN2)CC1. The molecule has 3 rings (SSSR count). The summed E-state index contributed by atoms with van der Waals surface area (Å²) < 4.78 is 0. The van der Waals surface area contributed by atoms with E-state index in [4.69, 9.17) is 11.6 Å². The van der Waals surface area contributed by atoms with E-state index in [1.807, 2.05) is 4.90 Å². The van der Waals surface area contributed by atoms with Crippen molar-refractivity contribution in [2.24, 2.45) is 5.92 Å². The van der Waals surface area contributed by atoms with Crippen LogP contribution >= 0.6 is 11.6 Å². The molecule has 2 aliphatic heterocycles. The molecule has 4 nitrogen and oxygen atoms in total. The third kappa shape index (κ3) is 4.12. The van der Waals surface area contributed by atoms with Crippen LogP contribution in [0.4, 0.5) is 0 Å². The average molecular weight is 335 g/mol. The van der Waals surface area contributed by atoms with Crippen LogP contribution in [-0.4, -0.2) is 42.3 Å². The first-order valence-corrected chi connectivity index (χ1v) is 8.82. The fourth-order valence-electron chi connectivity index (χ4n) is 3.51. The summed E-state index contributed by atoms with van der Waals surface area (Å²) in [5.74, 6) is 0.415. The number of carbonyl (C=O) groups excluding carboxylic acids is 2. The minimum Gasteiger partial charge on any atom is -0.343 e. The highest BCUT2D eigenvalue weighted by molar-refractivity contribution is 6.30. The number of nitrogens with zero attached hydrogens (tertiary/aromatic N) is 1. The van der Waals surface area contributed by atoms with E-state index in [0.29, 0.717) is 36.1 Å². The molecule has 1 amide bonds. The van der Waals surface area contributed by atoms with E-state index in [-0.39, 0.29) is 17.6 Å². The molecule has 2 heterocycles. The topological polar surface area (TPSA) is 49.4 Å². The molecule has 1 unspecified atom stereocenters. The minimum atomic E-state index is 0.0184. The number of likely N-dealkylation sites (tertiary alicyclic amines) is 1. The highest BCUT2D eigenvalue weighted by atomic mass is 35.5. The molecule has 23 heavy (non-hydrogen) atoms. The number of ketones is 1. The number of carbonyl (C=O) groups is 2. The number of hydrogen-bond donors (Lipinski definition) is 1. The van der Waals surface area contributed by atoms with Gasteiger partial charge in [-0.25, -0.2) is 0 Å². The van der Waals surface area contributed by atoms with Crippen molar-refractivity contribution in [3.8, 4) is 0 Å². The maximum absolute atomic E-state index is 12.5. The Labute approximate surface area is 142 Å². The van der Waals surface area contributed by atoms with Crippen LogP contribution in [0.5, 0.6) is 0 Å². The second-order valence-corrected chi connectivity index (χ2v) is 6.96. The van der Waals surface area contributed by atoms with Crippen molar-refractivity contribution in [1.29, 1.82) is 0 Å². The predicted octanol–water partition coefficient (Wildman–Crippen LogP) is 2.90. The van der Waals surface area contributed by atoms with Gasteiger partial charge in [0.25, 0.3) is 0 Å². The molecule has 124 valence electrons. The molecule has 1 atom stereocenters. The molecule has 2 fully saturated rings. The van der Waals surface area contributed by atoms with Gasteiger partial charge in [0, 0.05) is 42.1 Å². The standard InChI is InChI=1S/C18H23ClN2O2/c19-15-5-3-13(4-6-15)18(23)14-7-10-21(11-8-14)17(22)12-16-2-1-9-20-16/h3-6,14,16,20H,1-2,7-12H2. The molecule has 1 aromatic rings. The van der Waals surface area contributed by atoms with Gasteiger partial charge in [0.05, 0.1) is 0 Å². The zero-order chi connectivity index (χ0) is 16.2. The zero-order valence-electron chi connectivity index (χ0n) is 13.3. The second kappa shape index (κ2) is 7.45. The largest absolute Gasteiger partial charge is 0.343 e. The first-order valence-electron chi connectivity index (χ1n) is 8.44. The van der Waals surface area contributed by atoms with Crippen LogP contribution in [0.3, 0.4) is 0 Å². The van der Waals surface area contributed by atoms with Crippen molar-refractivity contribution in [3.63, 3.8) is 0 Å². The van der Waals surface area contributed by atoms with Crippen molar-refractivity contribution in [3.05, 3.63) is 34.9 Å². The maximum atomic E-state index is 12.5. The quantitative estimate of drug-likeness (QED) is 0.861. The van der Waals surface area contributed by atoms with Crippen molar-refractivity contribution in [2.45, 2.75) is 38.1 Å². The monoisotopic (exact) mass is 334 g/mol. The maximum Gasteiger partial charge on any atom is 0.224 e. The number of nitrogens with one attached hydrogen (secondary N) is 1. The highest BCUT2D eigenvalue weighted by Crippen LogP contribution is 2.23. The van der Waals surface area contributed by atoms with E-state index in [1.54, 1.807) is 24.3 Å². The van der Waals surface area contributed by atoms with Gasteiger partial charge in [-0.05, 0) is 56.5 Å². The number of piperidine rings is 1. The molecule has 1 aromatic carbocycles. The van der Waals surface area contributed by atoms with Crippen LogP contribution in [-0.2, 0) is 4.79 Å². The van der Waals surface area contributed by atoms with E-state index in [9.17, 15) is 9.59 Å². The summed E-state index contributed by atoms with van der Waals surface area (Å²) in [6.45, 7) is 2.40. The molecular weight excluding hydrogens is 312 g/mol. The van der Waals surface area contributed by atoms with Crippen LogP contribution < -0.4 is 5.32 Å². The van der Waals surface area contributed by atoms with Crippen molar-refractivity contribution in [2.75, 3.05) is 19.6 Å². The van der Waals surface area contributed by atoms with Gasteiger partial charge >= 0.3 is 0 Å². The summed E-state index contributed by atoms with van der Waals surface area (Å²) in [7, 11) is 0. The fraction of sp³-hybridized carbons (Fsp3) is 0.556. The van der Waals surface area contributed by atoms with E-state index in [0.717, 1.165) is 32.2 Å². The molecule has 0 bridgehead atoms. The third-order valence-corrected chi connectivity index (χ3v) is 5.18. The Hall–Kier alpha value is -1.39. The lowest BCUT2D eigenvalue weighted by molar-refractivity contribution is -0.132. The van der Waals surface area contributed by atoms with Gasteiger partial charge in [-0.3, -0.25) is 9.59 Å². The van der Waals surface area contributed by atoms with Gasteiger partial charge in [-0.1, -0.05) is 11.6 Å². The van der Waals surface area contributed by atoms with Crippen molar-refractivity contribution >= 4 is 23.3 Å². The van der Waals surface area contributed by atoms with E-state index < -0.39 is 0 Å². The highest BCUT2D eigenvalue weighted by Gasteiger charge is 2.29. The molecule has 0 saturated carbocycles. The molecule has 1 N–H and O–H groups in total. The van der Waals surface area contributed by atoms with Crippen LogP contribution in [0.25, 0.3) is 0 Å².